The van der Waals surface area contributed by atoms with Gasteiger partial charge in [-0.25, -0.2) is 8.78 Å². The molecule has 3 nitrogen and oxygen atoms in total. The first-order chi connectivity index (χ1) is 8.19. The van der Waals surface area contributed by atoms with Gasteiger partial charge < -0.3 is 9.84 Å². The summed E-state index contributed by atoms with van der Waals surface area (Å²) < 4.78 is 32.8. The molecule has 1 N–H and O–H groups in total. The predicted octanol–water partition coefficient (Wildman–Crippen LogP) is 3.29. The van der Waals surface area contributed by atoms with Crippen molar-refractivity contribution in [2.24, 2.45) is 5.41 Å². The molecule has 0 radical (unpaired) electrons. The molecular weight excluding hydrogens is 242 g/mol. The smallest absolute Gasteiger partial charge is 0.309 e. The number of halogens is 2. The van der Waals surface area contributed by atoms with Crippen LogP contribution in [0.15, 0.2) is 24.3 Å². The molecule has 0 fully saturated rings. The highest BCUT2D eigenvalue weighted by atomic mass is 19.3. The van der Waals surface area contributed by atoms with E-state index in [1.54, 1.807) is 0 Å². The summed E-state index contributed by atoms with van der Waals surface area (Å²) in [5.74, 6) is -3.95. The maximum absolute atomic E-state index is 13.9. The lowest BCUT2D eigenvalue weighted by atomic mass is 9.84. The molecule has 0 aliphatic rings. The summed E-state index contributed by atoms with van der Waals surface area (Å²) in [4.78, 5) is 10.9. The van der Waals surface area contributed by atoms with Crippen LogP contribution in [0.1, 0.15) is 25.8 Å². The van der Waals surface area contributed by atoms with E-state index in [0.717, 1.165) is 0 Å². The number of aliphatic carboxylic acids is 1. The van der Waals surface area contributed by atoms with Crippen LogP contribution in [0.4, 0.5) is 8.78 Å². The predicted molar refractivity (Wildman–Crippen MR) is 62.9 cm³/mol. The number of carboxylic acid groups (broad SMARTS) is 1. The van der Waals surface area contributed by atoms with E-state index in [0.29, 0.717) is 5.75 Å². The van der Waals surface area contributed by atoms with Gasteiger partial charge in [0, 0.05) is 12.0 Å². The molecule has 0 spiro atoms. The maximum atomic E-state index is 13.9. The van der Waals surface area contributed by atoms with E-state index in [2.05, 4.69) is 0 Å². The highest BCUT2D eigenvalue weighted by Crippen LogP contribution is 2.40. The largest absolute Gasteiger partial charge is 0.497 e. The number of methoxy groups -OCH3 is 1. The Hall–Kier alpha value is -1.65. The van der Waals surface area contributed by atoms with Crippen molar-refractivity contribution >= 4 is 5.97 Å². The second-order valence-corrected chi connectivity index (χ2v) is 4.80. The van der Waals surface area contributed by atoms with E-state index in [1.807, 2.05) is 0 Å². The van der Waals surface area contributed by atoms with Gasteiger partial charge in [-0.05, 0) is 38.1 Å². The van der Waals surface area contributed by atoms with Crippen LogP contribution in [-0.2, 0) is 10.7 Å². The van der Waals surface area contributed by atoms with Crippen LogP contribution in [-0.4, -0.2) is 18.2 Å². The zero-order valence-corrected chi connectivity index (χ0v) is 10.5. The molecule has 0 heterocycles. The molecule has 0 saturated carbocycles. The molecule has 1 aromatic rings. The third-order valence-corrected chi connectivity index (χ3v) is 2.76. The Bertz CT molecular complexity index is 424. The summed E-state index contributed by atoms with van der Waals surface area (Å²) in [6, 6.07) is 5.35. The Morgan fingerprint density at radius 1 is 1.28 bits per heavy atom. The van der Waals surface area contributed by atoms with Gasteiger partial charge in [-0.3, -0.25) is 4.79 Å². The highest BCUT2D eigenvalue weighted by Gasteiger charge is 2.42. The van der Waals surface area contributed by atoms with Crippen molar-refractivity contribution < 1.29 is 23.4 Å². The van der Waals surface area contributed by atoms with Crippen LogP contribution >= 0.6 is 0 Å². The molecule has 18 heavy (non-hydrogen) atoms. The second-order valence-electron chi connectivity index (χ2n) is 4.80. The van der Waals surface area contributed by atoms with Gasteiger partial charge in [-0.1, -0.05) is 0 Å². The van der Waals surface area contributed by atoms with E-state index in [1.165, 1.54) is 45.2 Å². The van der Waals surface area contributed by atoms with Gasteiger partial charge in [0.2, 0.25) is 0 Å². The van der Waals surface area contributed by atoms with Crippen molar-refractivity contribution in [1.29, 1.82) is 0 Å². The zero-order valence-electron chi connectivity index (χ0n) is 10.5. The van der Waals surface area contributed by atoms with E-state index in [9.17, 15) is 13.6 Å². The summed E-state index contributed by atoms with van der Waals surface area (Å²) in [7, 11) is 1.45. The van der Waals surface area contributed by atoms with Crippen molar-refractivity contribution in [2.45, 2.75) is 26.2 Å². The van der Waals surface area contributed by atoms with Gasteiger partial charge in [0.1, 0.15) is 5.75 Å². The van der Waals surface area contributed by atoms with Crippen LogP contribution in [0.2, 0.25) is 0 Å². The van der Waals surface area contributed by atoms with Crippen LogP contribution in [0, 0.1) is 5.41 Å². The standard InChI is InChI=1S/C13H16F2O3/c1-12(2,11(16)17)8-13(14,15)9-4-6-10(18-3)7-5-9/h4-7H,8H2,1-3H3,(H,16,17). The monoisotopic (exact) mass is 258 g/mol. The van der Waals surface area contributed by atoms with E-state index in [4.69, 9.17) is 9.84 Å². The van der Waals surface area contributed by atoms with Crippen molar-refractivity contribution in [3.05, 3.63) is 29.8 Å². The molecule has 0 aromatic heterocycles. The molecule has 0 saturated heterocycles. The van der Waals surface area contributed by atoms with Crippen LogP contribution in [0.25, 0.3) is 0 Å². The number of ether oxygens (including phenoxy) is 1. The van der Waals surface area contributed by atoms with E-state index in [-0.39, 0.29) is 5.56 Å². The summed E-state index contributed by atoms with van der Waals surface area (Å²) in [6.45, 7) is 2.57. The number of alkyl halides is 2. The Morgan fingerprint density at radius 3 is 2.17 bits per heavy atom. The molecule has 0 unspecified atom stereocenters. The molecule has 5 heteroatoms. The average Bonchev–Trinajstić information content (AvgIpc) is 2.27. The fourth-order valence-corrected chi connectivity index (χ4v) is 1.57. The maximum Gasteiger partial charge on any atom is 0.309 e. The quantitative estimate of drug-likeness (QED) is 0.881. The first-order valence-electron chi connectivity index (χ1n) is 5.45. The molecule has 0 bridgehead atoms. The lowest BCUT2D eigenvalue weighted by Gasteiger charge is -2.26. The fourth-order valence-electron chi connectivity index (χ4n) is 1.57. The summed E-state index contributed by atoms with van der Waals surface area (Å²) >= 11 is 0. The summed E-state index contributed by atoms with van der Waals surface area (Å²) in [5.41, 5.74) is -1.69. The minimum absolute atomic E-state index is 0.211. The summed E-state index contributed by atoms with van der Waals surface area (Å²) in [5, 5.41) is 8.88. The topological polar surface area (TPSA) is 46.5 Å². The van der Waals surface area contributed by atoms with Crippen LogP contribution in [0.3, 0.4) is 0 Å². The zero-order chi connectivity index (χ0) is 14.0. The van der Waals surface area contributed by atoms with E-state index < -0.39 is 23.7 Å². The number of carboxylic acids is 1. The van der Waals surface area contributed by atoms with Gasteiger partial charge in [-0.2, -0.15) is 0 Å². The lowest BCUT2D eigenvalue weighted by molar-refractivity contribution is -0.153. The first-order valence-corrected chi connectivity index (χ1v) is 5.45. The number of carbonyl (C=O) groups is 1. The normalized spacial score (nSPS) is 12.3. The Morgan fingerprint density at radius 2 is 1.78 bits per heavy atom. The number of rotatable bonds is 5. The van der Waals surface area contributed by atoms with Crippen LogP contribution in [0.5, 0.6) is 5.75 Å². The molecule has 1 aromatic carbocycles. The third-order valence-electron chi connectivity index (χ3n) is 2.76. The van der Waals surface area contributed by atoms with Gasteiger partial charge in [0.15, 0.2) is 0 Å². The third kappa shape index (κ3) is 3.18. The Balaban J connectivity index is 2.94. The van der Waals surface area contributed by atoms with Gasteiger partial charge in [0.25, 0.3) is 5.92 Å². The van der Waals surface area contributed by atoms with Crippen LogP contribution < -0.4 is 4.74 Å². The number of benzene rings is 1. The minimum Gasteiger partial charge on any atom is -0.497 e. The summed E-state index contributed by atoms with van der Waals surface area (Å²) in [6.07, 6.45) is -0.748. The second kappa shape index (κ2) is 4.92. The molecule has 0 amide bonds. The average molecular weight is 258 g/mol. The van der Waals surface area contributed by atoms with Gasteiger partial charge in [0.05, 0.1) is 12.5 Å². The first kappa shape index (κ1) is 14.4. The van der Waals surface area contributed by atoms with Crippen molar-refractivity contribution in [2.75, 3.05) is 7.11 Å². The molecule has 0 aliphatic carbocycles. The molecule has 0 atom stereocenters. The molecule has 0 aliphatic heterocycles. The lowest BCUT2D eigenvalue weighted by Crippen LogP contribution is -2.31. The number of hydrogen-bond acceptors (Lipinski definition) is 2. The van der Waals surface area contributed by atoms with Gasteiger partial charge >= 0.3 is 5.97 Å². The molecule has 100 valence electrons. The fraction of sp³-hybridized carbons (Fsp3) is 0.462. The SMILES string of the molecule is COc1ccc(C(F)(F)CC(C)(C)C(=O)O)cc1. The van der Waals surface area contributed by atoms with Crippen molar-refractivity contribution in [1.82, 2.24) is 0 Å². The highest BCUT2D eigenvalue weighted by molar-refractivity contribution is 5.73. The van der Waals surface area contributed by atoms with Crippen molar-refractivity contribution in [3.8, 4) is 5.75 Å². The number of hydrogen-bond donors (Lipinski definition) is 1. The Kier molecular flexibility index (Phi) is 3.94. The molecule has 1 rings (SSSR count). The van der Waals surface area contributed by atoms with E-state index >= 15 is 0 Å². The van der Waals surface area contributed by atoms with Gasteiger partial charge in [-0.15, -0.1) is 0 Å². The minimum atomic E-state index is -3.19. The Labute approximate surface area is 104 Å². The van der Waals surface area contributed by atoms with Crippen molar-refractivity contribution in [3.63, 3.8) is 0 Å². The molecular formula is C13H16F2O3.